The molecule has 0 saturated carbocycles. The lowest BCUT2D eigenvalue weighted by Crippen LogP contribution is -2.51. The van der Waals surface area contributed by atoms with Gasteiger partial charge in [0.25, 0.3) is 5.91 Å². The van der Waals surface area contributed by atoms with Crippen molar-refractivity contribution in [2.75, 3.05) is 0 Å². The number of carboxylic acid groups (broad SMARTS) is 1. The third kappa shape index (κ3) is 4.20. The summed E-state index contributed by atoms with van der Waals surface area (Å²) in [4.78, 5) is 22.6. The van der Waals surface area contributed by atoms with E-state index in [1.54, 1.807) is 6.07 Å². The molecule has 1 amide bonds. The Balaban J connectivity index is 2.68. The maximum Gasteiger partial charge on any atom is 0.328 e. The minimum absolute atomic E-state index is 0.112. The number of nitrogens with one attached hydrogen (secondary N) is 1. The Morgan fingerprint density at radius 2 is 1.90 bits per heavy atom. The molecular formula is C13H16FNO5. The van der Waals surface area contributed by atoms with Crippen LogP contribution in [0, 0.1) is 5.82 Å². The molecule has 110 valence electrons. The van der Waals surface area contributed by atoms with Crippen LogP contribution in [-0.2, 0) is 9.59 Å². The summed E-state index contributed by atoms with van der Waals surface area (Å²) in [6, 6.07) is 4.09. The number of carbonyl (C=O) groups is 2. The van der Waals surface area contributed by atoms with Gasteiger partial charge < -0.3 is 20.3 Å². The largest absolute Gasteiger partial charge is 0.480 e. The highest BCUT2D eigenvalue weighted by atomic mass is 19.1. The normalized spacial score (nSPS) is 15.0. The van der Waals surface area contributed by atoms with E-state index in [4.69, 9.17) is 9.84 Å². The molecule has 0 radical (unpaired) electrons. The van der Waals surface area contributed by atoms with E-state index in [-0.39, 0.29) is 5.75 Å². The second kappa shape index (κ2) is 6.85. The second-order valence-corrected chi connectivity index (χ2v) is 4.26. The number of benzene rings is 1. The standard InChI is InChI=1S/C13H16FNO5/c1-7(16)11(13(18)19)15-12(17)8(2)20-10-6-4-3-5-9(10)14/h3-8,11,16H,1-2H3,(H,15,17)(H,18,19)/t7-,8?,11+/m1/s1. The molecule has 0 aliphatic carbocycles. The van der Waals surface area contributed by atoms with Gasteiger partial charge in [-0.25, -0.2) is 9.18 Å². The highest BCUT2D eigenvalue weighted by molar-refractivity contribution is 5.86. The number of ether oxygens (including phenoxy) is 1. The number of hydrogen-bond donors (Lipinski definition) is 3. The lowest BCUT2D eigenvalue weighted by Gasteiger charge is -2.20. The number of carbonyl (C=O) groups excluding carboxylic acids is 1. The molecule has 0 heterocycles. The van der Waals surface area contributed by atoms with Crippen molar-refractivity contribution in [1.82, 2.24) is 5.32 Å². The Morgan fingerprint density at radius 3 is 2.40 bits per heavy atom. The summed E-state index contributed by atoms with van der Waals surface area (Å²) in [6.07, 6.45) is -2.37. The number of hydrogen-bond acceptors (Lipinski definition) is 4. The van der Waals surface area contributed by atoms with Gasteiger partial charge in [-0.15, -0.1) is 0 Å². The number of aliphatic carboxylic acids is 1. The average Bonchev–Trinajstić information content (AvgIpc) is 2.37. The summed E-state index contributed by atoms with van der Waals surface area (Å²) in [5.74, 6) is -2.87. The maximum absolute atomic E-state index is 13.3. The molecule has 3 atom stereocenters. The van der Waals surface area contributed by atoms with Gasteiger partial charge in [-0.05, 0) is 26.0 Å². The van der Waals surface area contributed by atoms with Crippen molar-refractivity contribution >= 4 is 11.9 Å². The van der Waals surface area contributed by atoms with Gasteiger partial charge in [0.15, 0.2) is 23.7 Å². The number of amides is 1. The van der Waals surface area contributed by atoms with Crippen LogP contribution in [0.2, 0.25) is 0 Å². The summed E-state index contributed by atoms with van der Waals surface area (Å²) in [5.41, 5.74) is 0. The fourth-order valence-corrected chi connectivity index (χ4v) is 1.44. The first-order chi connectivity index (χ1) is 9.32. The van der Waals surface area contributed by atoms with Crippen molar-refractivity contribution < 1.29 is 28.9 Å². The number of carboxylic acids is 1. The first kappa shape index (κ1) is 15.9. The quantitative estimate of drug-likeness (QED) is 0.709. The molecule has 0 spiro atoms. The van der Waals surface area contributed by atoms with Crippen molar-refractivity contribution in [3.8, 4) is 5.75 Å². The Labute approximate surface area is 115 Å². The molecule has 1 unspecified atom stereocenters. The molecule has 1 aromatic carbocycles. The molecule has 0 saturated heterocycles. The smallest absolute Gasteiger partial charge is 0.328 e. The minimum atomic E-state index is -1.45. The molecule has 1 aromatic rings. The van der Waals surface area contributed by atoms with E-state index in [1.165, 1.54) is 32.0 Å². The second-order valence-electron chi connectivity index (χ2n) is 4.26. The van der Waals surface area contributed by atoms with Crippen LogP contribution in [0.5, 0.6) is 5.75 Å². The zero-order valence-electron chi connectivity index (χ0n) is 11.0. The molecule has 7 heteroatoms. The van der Waals surface area contributed by atoms with Crippen LogP contribution in [0.3, 0.4) is 0 Å². The molecule has 20 heavy (non-hydrogen) atoms. The van der Waals surface area contributed by atoms with Gasteiger partial charge in [0.05, 0.1) is 6.10 Å². The monoisotopic (exact) mass is 285 g/mol. The predicted molar refractivity (Wildman–Crippen MR) is 67.7 cm³/mol. The number of halogens is 1. The lowest BCUT2D eigenvalue weighted by molar-refractivity contribution is -0.145. The number of para-hydroxylation sites is 1. The summed E-state index contributed by atoms with van der Waals surface area (Å²) in [7, 11) is 0. The molecule has 0 fully saturated rings. The third-order valence-corrected chi connectivity index (χ3v) is 2.56. The van der Waals surface area contributed by atoms with E-state index in [9.17, 15) is 19.1 Å². The lowest BCUT2D eigenvalue weighted by atomic mass is 10.2. The summed E-state index contributed by atoms with van der Waals surface area (Å²) < 4.78 is 18.4. The van der Waals surface area contributed by atoms with E-state index in [1.807, 2.05) is 0 Å². The van der Waals surface area contributed by atoms with E-state index in [2.05, 4.69) is 5.32 Å². The Kier molecular flexibility index (Phi) is 5.45. The molecule has 3 N–H and O–H groups in total. The van der Waals surface area contributed by atoms with Crippen LogP contribution >= 0.6 is 0 Å². The first-order valence-corrected chi connectivity index (χ1v) is 5.95. The van der Waals surface area contributed by atoms with E-state index < -0.39 is 35.9 Å². The predicted octanol–water partition coefficient (Wildman–Crippen LogP) is 0.543. The van der Waals surface area contributed by atoms with Crippen molar-refractivity contribution in [2.24, 2.45) is 0 Å². The average molecular weight is 285 g/mol. The number of aliphatic hydroxyl groups is 1. The van der Waals surface area contributed by atoms with Crippen LogP contribution in [0.15, 0.2) is 24.3 Å². The SMILES string of the molecule is CC(Oc1ccccc1F)C(=O)N[C@H](C(=O)O)[C@@H](C)O. The molecule has 0 aliphatic rings. The highest BCUT2D eigenvalue weighted by Crippen LogP contribution is 2.17. The van der Waals surface area contributed by atoms with Crippen molar-refractivity contribution in [3.63, 3.8) is 0 Å². The van der Waals surface area contributed by atoms with E-state index in [0.29, 0.717) is 0 Å². The fourth-order valence-electron chi connectivity index (χ4n) is 1.44. The molecule has 1 rings (SSSR count). The zero-order valence-corrected chi connectivity index (χ0v) is 11.0. The Hall–Kier alpha value is -2.15. The van der Waals surface area contributed by atoms with Crippen LogP contribution in [0.1, 0.15) is 13.8 Å². The van der Waals surface area contributed by atoms with Crippen LogP contribution in [-0.4, -0.2) is 40.3 Å². The van der Waals surface area contributed by atoms with Gasteiger partial charge in [0.1, 0.15) is 0 Å². The van der Waals surface area contributed by atoms with Crippen molar-refractivity contribution in [3.05, 3.63) is 30.1 Å². The Morgan fingerprint density at radius 1 is 1.30 bits per heavy atom. The highest BCUT2D eigenvalue weighted by Gasteiger charge is 2.27. The maximum atomic E-state index is 13.3. The summed E-state index contributed by atoms with van der Waals surface area (Å²) >= 11 is 0. The van der Waals surface area contributed by atoms with Crippen molar-refractivity contribution in [2.45, 2.75) is 32.1 Å². The van der Waals surface area contributed by atoms with E-state index in [0.717, 1.165) is 0 Å². The van der Waals surface area contributed by atoms with Gasteiger partial charge in [0, 0.05) is 0 Å². The molecule has 0 bridgehead atoms. The van der Waals surface area contributed by atoms with Gasteiger partial charge in [-0.3, -0.25) is 4.79 Å². The topological polar surface area (TPSA) is 95.9 Å². The zero-order chi connectivity index (χ0) is 15.3. The van der Waals surface area contributed by atoms with E-state index >= 15 is 0 Å². The number of rotatable bonds is 6. The first-order valence-electron chi connectivity index (χ1n) is 5.95. The summed E-state index contributed by atoms with van der Waals surface area (Å²) in [5, 5.41) is 20.2. The Bertz CT molecular complexity index is 491. The molecule has 0 aliphatic heterocycles. The molecule has 0 aromatic heterocycles. The van der Waals surface area contributed by atoms with Gasteiger partial charge in [0.2, 0.25) is 0 Å². The van der Waals surface area contributed by atoms with Gasteiger partial charge >= 0.3 is 5.97 Å². The van der Waals surface area contributed by atoms with Crippen LogP contribution in [0.25, 0.3) is 0 Å². The van der Waals surface area contributed by atoms with Crippen LogP contribution in [0.4, 0.5) is 4.39 Å². The van der Waals surface area contributed by atoms with Gasteiger partial charge in [-0.1, -0.05) is 12.1 Å². The summed E-state index contributed by atoms with van der Waals surface area (Å²) in [6.45, 7) is 2.59. The van der Waals surface area contributed by atoms with Crippen molar-refractivity contribution in [1.29, 1.82) is 0 Å². The van der Waals surface area contributed by atoms with Crippen LogP contribution < -0.4 is 10.1 Å². The fraction of sp³-hybridized carbons (Fsp3) is 0.385. The molecular weight excluding hydrogens is 269 g/mol. The molecule has 6 nitrogen and oxygen atoms in total. The third-order valence-electron chi connectivity index (χ3n) is 2.56. The minimum Gasteiger partial charge on any atom is -0.480 e. The van der Waals surface area contributed by atoms with Gasteiger partial charge in [-0.2, -0.15) is 0 Å². The number of aliphatic hydroxyl groups excluding tert-OH is 1.